The number of aromatic nitrogens is 4. The van der Waals surface area contributed by atoms with Crippen molar-refractivity contribution in [1.29, 1.82) is 0 Å². The topological polar surface area (TPSA) is 77.6 Å². The van der Waals surface area contributed by atoms with Crippen LogP contribution in [-0.2, 0) is 0 Å². The number of aromatic amines is 2. The normalized spacial score (nSPS) is 12.3. The summed E-state index contributed by atoms with van der Waals surface area (Å²) in [5.74, 6) is 6.47. The predicted molar refractivity (Wildman–Crippen MR) is 243 cm³/mol. The Morgan fingerprint density at radius 3 is 1.17 bits per heavy atom. The smallest absolute Gasteiger partial charge is 0.120 e. The highest BCUT2D eigenvalue weighted by molar-refractivity contribution is 6.05. The summed E-state index contributed by atoms with van der Waals surface area (Å²) in [6, 6.07) is 43.0. The molecule has 0 atom stereocenters. The fourth-order valence-electron chi connectivity index (χ4n) is 7.69. The van der Waals surface area contributed by atoms with Crippen LogP contribution in [0.15, 0.2) is 121 Å². The van der Waals surface area contributed by atoms with Crippen molar-refractivity contribution in [2.45, 2.75) is 47.1 Å². The third-order valence-corrected chi connectivity index (χ3v) is 10.7. The molecule has 5 heterocycles. The predicted octanol–water partition coefficient (Wildman–Crippen LogP) is 12.7. The van der Waals surface area contributed by atoms with Crippen LogP contribution in [0.3, 0.4) is 0 Å². The number of aliphatic hydroxyl groups is 1. The molecule has 9 rings (SSSR count). The van der Waals surface area contributed by atoms with Crippen molar-refractivity contribution in [3.05, 3.63) is 166 Å². The highest BCUT2D eigenvalue weighted by Gasteiger charge is 2.22. The molecule has 0 unspecified atom stereocenters. The van der Waals surface area contributed by atoms with Crippen LogP contribution in [0.25, 0.3) is 90.4 Å². The van der Waals surface area contributed by atoms with Crippen molar-refractivity contribution in [2.75, 3.05) is 0 Å². The maximum atomic E-state index is 10.9. The van der Waals surface area contributed by atoms with Gasteiger partial charge in [-0.1, -0.05) is 131 Å². The Bertz CT molecular complexity index is 3030. The Morgan fingerprint density at radius 2 is 0.793 bits per heavy atom. The molecular weight excluding hydrogens is 709 g/mol. The van der Waals surface area contributed by atoms with Crippen LogP contribution >= 0.6 is 0 Å². The van der Waals surface area contributed by atoms with Gasteiger partial charge in [0.2, 0.25) is 0 Å². The first-order valence-corrected chi connectivity index (χ1v) is 19.7. The number of H-pyrrole nitrogens is 2. The Hall–Kier alpha value is -7.00. The summed E-state index contributed by atoms with van der Waals surface area (Å²) in [4.78, 5) is 18.7. The van der Waals surface area contributed by atoms with E-state index in [0.717, 1.165) is 100 Å². The summed E-state index contributed by atoms with van der Waals surface area (Å²) in [6.07, 6.45) is 6.33. The van der Waals surface area contributed by atoms with Gasteiger partial charge in [0.25, 0.3) is 0 Å². The van der Waals surface area contributed by atoms with Gasteiger partial charge in [-0.2, -0.15) is 0 Å². The number of nitrogens with zero attached hydrogens (tertiary/aromatic N) is 2. The molecule has 0 saturated heterocycles. The van der Waals surface area contributed by atoms with Crippen LogP contribution in [0.4, 0.5) is 0 Å². The van der Waals surface area contributed by atoms with Gasteiger partial charge in [0.15, 0.2) is 0 Å². The van der Waals surface area contributed by atoms with Gasteiger partial charge in [-0.25, -0.2) is 9.97 Å². The summed E-state index contributed by atoms with van der Waals surface area (Å²) in [7, 11) is 0. The molecule has 7 aromatic rings. The van der Waals surface area contributed by atoms with Crippen molar-refractivity contribution in [2.24, 2.45) is 0 Å². The summed E-state index contributed by atoms with van der Waals surface area (Å²) >= 11 is 0. The van der Waals surface area contributed by atoms with Gasteiger partial charge in [0.1, 0.15) is 5.60 Å². The second-order valence-electron chi connectivity index (χ2n) is 16.0. The number of nitrogens with one attached hydrogen (secondary N) is 2. The molecule has 5 nitrogen and oxygen atoms in total. The van der Waals surface area contributed by atoms with Crippen LogP contribution in [-0.4, -0.2) is 30.6 Å². The molecule has 0 aliphatic carbocycles. The Labute approximate surface area is 339 Å². The molecule has 0 fully saturated rings. The van der Waals surface area contributed by atoms with Crippen molar-refractivity contribution < 1.29 is 5.11 Å². The SMILES string of the molecule is Cc1ccc(-c2c3nc(c(-c4ccc(C)cc4)c4ccc([nH]4)c(-c4ccc(C)cc4)c4nc(c(-c5ccc(C)cc5)c5ccc2[nH]5)C=C4C#CC(C)(C)O)C=C3)cc1. The van der Waals surface area contributed by atoms with E-state index in [0.29, 0.717) is 0 Å². The molecule has 0 saturated carbocycles. The standard InChI is InChI=1S/C53H44N4O/c1-32-7-15-36(16-8-32)48-41-23-24-42(54-41)49(37-17-9-33(2)10-18-37)44-27-28-46(56-44)51(39-21-13-35(4)14-22-39)52-40(29-30-53(5,6)58)31-47(57-52)50(45-26-25-43(48)55-45)38-19-11-34(3)12-20-38/h7-28,31,55-56,58H,1-6H3. The number of fused-ring (bicyclic) bond motifs is 8. The number of hydrogen-bond donors (Lipinski definition) is 3. The number of benzene rings is 4. The minimum atomic E-state index is -1.21. The molecule has 3 aromatic heterocycles. The largest absolute Gasteiger partial charge is 0.378 e. The first kappa shape index (κ1) is 36.6. The lowest BCUT2D eigenvalue weighted by Gasteiger charge is -2.09. The molecule has 282 valence electrons. The van der Waals surface area contributed by atoms with E-state index in [9.17, 15) is 5.11 Å². The van der Waals surface area contributed by atoms with E-state index in [1.165, 1.54) is 16.7 Å². The molecule has 3 N–H and O–H groups in total. The van der Waals surface area contributed by atoms with Gasteiger partial charge in [0.05, 0.1) is 28.3 Å². The fourth-order valence-corrected chi connectivity index (χ4v) is 7.69. The Balaban J connectivity index is 1.51. The lowest BCUT2D eigenvalue weighted by atomic mass is 9.98. The quantitative estimate of drug-likeness (QED) is 0.157. The lowest BCUT2D eigenvalue weighted by molar-refractivity contribution is 0.143. The van der Waals surface area contributed by atoms with Gasteiger partial charge in [0, 0.05) is 44.3 Å². The molecule has 0 spiro atoms. The van der Waals surface area contributed by atoms with Crippen molar-refractivity contribution in [3.63, 3.8) is 0 Å². The molecule has 58 heavy (non-hydrogen) atoms. The number of hydrogen-bond acceptors (Lipinski definition) is 3. The first-order chi connectivity index (χ1) is 28.0. The lowest BCUT2D eigenvalue weighted by Crippen LogP contribution is -2.14. The van der Waals surface area contributed by atoms with Crippen LogP contribution in [0.1, 0.15) is 58.9 Å². The zero-order valence-corrected chi connectivity index (χ0v) is 33.6. The average Bonchev–Trinajstić information content (AvgIpc) is 4.04. The monoisotopic (exact) mass is 752 g/mol. The van der Waals surface area contributed by atoms with Crippen LogP contribution in [0, 0.1) is 39.5 Å². The van der Waals surface area contributed by atoms with E-state index in [2.05, 4.69) is 189 Å². The minimum absolute atomic E-state index is 0.723. The molecule has 0 radical (unpaired) electrons. The van der Waals surface area contributed by atoms with E-state index >= 15 is 0 Å². The zero-order chi connectivity index (χ0) is 40.1. The second kappa shape index (κ2) is 14.5. The molecule has 2 aliphatic rings. The van der Waals surface area contributed by atoms with E-state index in [-0.39, 0.29) is 0 Å². The fraction of sp³-hybridized carbons (Fsp3) is 0.132. The molecule has 8 bridgehead atoms. The Kier molecular flexibility index (Phi) is 9.15. The number of aryl methyl sites for hydroxylation is 4. The molecule has 2 aliphatic heterocycles. The van der Waals surface area contributed by atoms with E-state index in [1.54, 1.807) is 13.8 Å². The van der Waals surface area contributed by atoms with Gasteiger partial charge in [-0.3, -0.25) is 0 Å². The summed E-state index contributed by atoms with van der Waals surface area (Å²) in [6.45, 7) is 11.8. The third kappa shape index (κ3) is 7.11. The highest BCUT2D eigenvalue weighted by atomic mass is 16.3. The van der Waals surface area contributed by atoms with Gasteiger partial charge in [-0.05, 0) is 106 Å². The highest BCUT2D eigenvalue weighted by Crippen LogP contribution is 2.40. The van der Waals surface area contributed by atoms with E-state index in [1.807, 2.05) is 0 Å². The third-order valence-electron chi connectivity index (χ3n) is 10.7. The Morgan fingerprint density at radius 1 is 0.448 bits per heavy atom. The molecule has 5 heteroatoms. The average molecular weight is 753 g/mol. The van der Waals surface area contributed by atoms with Crippen molar-refractivity contribution >= 4 is 45.9 Å². The number of rotatable bonds is 4. The van der Waals surface area contributed by atoms with Crippen LogP contribution in [0.2, 0.25) is 0 Å². The van der Waals surface area contributed by atoms with Crippen molar-refractivity contribution in [3.8, 4) is 56.3 Å². The maximum Gasteiger partial charge on any atom is 0.120 e. The maximum absolute atomic E-state index is 10.9. The van der Waals surface area contributed by atoms with Gasteiger partial charge in [-0.15, -0.1) is 0 Å². The van der Waals surface area contributed by atoms with E-state index < -0.39 is 5.60 Å². The van der Waals surface area contributed by atoms with Crippen LogP contribution in [0.5, 0.6) is 0 Å². The summed E-state index contributed by atoms with van der Waals surface area (Å²) in [5.41, 5.74) is 19.2. The summed E-state index contributed by atoms with van der Waals surface area (Å²) in [5, 5.41) is 10.9. The first-order valence-electron chi connectivity index (χ1n) is 19.7. The zero-order valence-electron chi connectivity index (χ0n) is 33.6. The molecule has 4 aromatic carbocycles. The second-order valence-corrected chi connectivity index (χ2v) is 16.0. The minimum Gasteiger partial charge on any atom is -0.378 e. The van der Waals surface area contributed by atoms with Gasteiger partial charge < -0.3 is 15.1 Å². The van der Waals surface area contributed by atoms with Crippen LogP contribution < -0.4 is 0 Å². The van der Waals surface area contributed by atoms with Gasteiger partial charge >= 0.3 is 0 Å². The van der Waals surface area contributed by atoms with Crippen molar-refractivity contribution in [1.82, 2.24) is 19.9 Å². The number of allylic oxidation sites excluding steroid dienone is 1. The molecular formula is C53H44N4O. The summed E-state index contributed by atoms with van der Waals surface area (Å²) < 4.78 is 0. The molecule has 0 amide bonds. The van der Waals surface area contributed by atoms with E-state index in [4.69, 9.17) is 9.97 Å².